The lowest BCUT2D eigenvalue weighted by Gasteiger charge is -2.29. The normalized spacial score (nSPS) is 17.4. The van der Waals surface area contributed by atoms with Crippen molar-refractivity contribution in [2.45, 2.75) is 45.3 Å². The minimum Gasteiger partial charge on any atom is -0.287 e. The molecule has 2 aliphatic carbocycles. The summed E-state index contributed by atoms with van der Waals surface area (Å²) in [5.41, 5.74) is 7.07. The Morgan fingerprint density at radius 3 is 1.72 bits per heavy atom. The third-order valence-corrected chi connectivity index (χ3v) is 11.5. The van der Waals surface area contributed by atoms with Crippen LogP contribution >= 0.6 is 23.5 Å². The van der Waals surface area contributed by atoms with E-state index in [4.69, 9.17) is 9.97 Å². The van der Waals surface area contributed by atoms with E-state index >= 15 is 0 Å². The third-order valence-electron chi connectivity index (χ3n) is 9.59. The topological polar surface area (TPSA) is 35.6 Å². The molecule has 0 spiro atoms. The highest BCUT2D eigenvalue weighted by atomic mass is 32.2. The van der Waals surface area contributed by atoms with Gasteiger partial charge in [-0.15, -0.1) is 0 Å². The molecule has 0 amide bonds. The van der Waals surface area contributed by atoms with Crippen LogP contribution in [0.1, 0.15) is 30.9 Å². The van der Waals surface area contributed by atoms with Crippen molar-refractivity contribution >= 4 is 46.7 Å². The average Bonchev–Trinajstić information content (AvgIpc) is 3.71. The molecule has 0 N–H and O–H groups in total. The molecule has 0 radical (unpaired) electrons. The van der Waals surface area contributed by atoms with Crippen molar-refractivity contribution in [3.8, 4) is 11.4 Å². The Balaban J connectivity index is 1.22. The van der Waals surface area contributed by atoms with Crippen LogP contribution in [0.2, 0.25) is 0 Å². The second kappa shape index (κ2) is 11.2. The highest BCUT2D eigenvalue weighted by Gasteiger charge is 2.46. The Kier molecular flexibility index (Phi) is 6.77. The summed E-state index contributed by atoms with van der Waals surface area (Å²) in [5.74, 6) is 0.506. The number of nitrogens with zero attached hydrogens (tertiary/aromatic N) is 4. The Bertz CT molecular complexity index is 2380. The van der Waals surface area contributed by atoms with Gasteiger partial charge in [0.25, 0.3) is 0 Å². The predicted octanol–water partition coefficient (Wildman–Crippen LogP) is 8.78. The van der Waals surface area contributed by atoms with Crippen LogP contribution in [0, 0.1) is 5.92 Å². The van der Waals surface area contributed by atoms with E-state index in [1.54, 1.807) is 23.5 Å². The van der Waals surface area contributed by atoms with Gasteiger partial charge in [0, 0.05) is 27.1 Å². The molecule has 4 nitrogen and oxygen atoms in total. The van der Waals surface area contributed by atoms with Gasteiger partial charge in [-0.2, -0.15) is 0 Å². The molecule has 0 saturated carbocycles. The number of hydrogen-bond donors (Lipinski definition) is 0. The van der Waals surface area contributed by atoms with Crippen LogP contribution in [0.4, 0.5) is 0 Å². The van der Waals surface area contributed by atoms with E-state index in [1.165, 1.54) is 26.3 Å². The van der Waals surface area contributed by atoms with Crippen molar-refractivity contribution in [3.63, 3.8) is 0 Å². The Hall–Kier alpha value is -4.78. The fourth-order valence-electron chi connectivity index (χ4n) is 7.31. The zero-order chi connectivity index (χ0) is 31.5. The molecule has 7 aromatic rings. The zero-order valence-electron chi connectivity index (χ0n) is 26.1. The van der Waals surface area contributed by atoms with Crippen molar-refractivity contribution in [2.75, 3.05) is 0 Å². The van der Waals surface area contributed by atoms with Crippen molar-refractivity contribution in [1.82, 2.24) is 19.1 Å². The summed E-state index contributed by atoms with van der Waals surface area (Å²) in [5, 5.41) is 4.18. The van der Waals surface area contributed by atoms with Crippen LogP contribution in [-0.4, -0.2) is 19.1 Å². The molecular weight excluding hydrogens is 613 g/mol. The van der Waals surface area contributed by atoms with Gasteiger partial charge in [-0.25, -0.2) is 9.97 Å². The number of benzene rings is 5. The largest absolute Gasteiger partial charge is 0.287 e. The van der Waals surface area contributed by atoms with E-state index in [2.05, 4.69) is 169 Å². The lowest BCUT2D eigenvalue weighted by atomic mass is 9.74. The fraction of sp³-hybridized carbons (Fsp3) is 0.122. The maximum absolute atomic E-state index is 5.29. The maximum Gasteiger partial charge on any atom is 0.178 e. The van der Waals surface area contributed by atoms with Crippen LogP contribution in [0.5, 0.6) is 0 Å². The molecule has 2 heterocycles. The molecule has 0 saturated heterocycles. The van der Waals surface area contributed by atoms with E-state index in [9.17, 15) is 0 Å². The van der Waals surface area contributed by atoms with Gasteiger partial charge < -0.3 is 0 Å². The van der Waals surface area contributed by atoms with E-state index in [1.807, 2.05) is 0 Å². The average molecular weight is 645 g/mol. The molecular formula is C41H32N4S2. The van der Waals surface area contributed by atoms with E-state index in [0.29, 0.717) is 0 Å². The van der Waals surface area contributed by atoms with Crippen LogP contribution in [-0.2, 0) is 5.41 Å². The second-order valence-electron chi connectivity index (χ2n) is 12.8. The monoisotopic (exact) mass is 644 g/mol. The molecule has 228 valence electrons. The fourth-order valence-corrected chi connectivity index (χ4v) is 9.19. The number of rotatable bonds is 6. The molecule has 2 aliphatic rings. The Labute approximate surface area is 282 Å². The molecule has 5 aromatic carbocycles. The number of para-hydroxylation sites is 2. The summed E-state index contributed by atoms with van der Waals surface area (Å²) < 4.78 is 4.67. The first kappa shape index (κ1) is 28.4. The van der Waals surface area contributed by atoms with Crippen LogP contribution in [0.15, 0.2) is 154 Å². The lowest BCUT2D eigenvalue weighted by molar-refractivity contribution is 0.420. The molecule has 47 heavy (non-hydrogen) atoms. The Morgan fingerprint density at radius 1 is 0.596 bits per heavy atom. The summed E-state index contributed by atoms with van der Waals surface area (Å²) in [4.78, 5) is 12.9. The number of fused-ring (bicyclic) bond motifs is 5. The van der Waals surface area contributed by atoms with E-state index < -0.39 is 0 Å². The Morgan fingerprint density at radius 2 is 1.13 bits per heavy atom. The molecule has 2 aromatic heterocycles. The van der Waals surface area contributed by atoms with Crippen molar-refractivity contribution < 1.29 is 0 Å². The first-order valence-corrected chi connectivity index (χ1v) is 17.6. The summed E-state index contributed by atoms with van der Waals surface area (Å²) in [6.45, 7) is 4.81. The summed E-state index contributed by atoms with van der Waals surface area (Å²) in [6, 6.07) is 47.1. The first-order valence-electron chi connectivity index (χ1n) is 16.0. The predicted molar refractivity (Wildman–Crippen MR) is 193 cm³/mol. The van der Waals surface area contributed by atoms with E-state index in [-0.39, 0.29) is 17.3 Å². The number of imidazole rings is 2. The van der Waals surface area contributed by atoms with Gasteiger partial charge in [-0.3, -0.25) is 9.13 Å². The van der Waals surface area contributed by atoms with Crippen molar-refractivity contribution in [2.24, 2.45) is 5.92 Å². The quantitative estimate of drug-likeness (QED) is 0.181. The smallest absolute Gasteiger partial charge is 0.178 e. The highest BCUT2D eigenvalue weighted by Crippen LogP contribution is 2.54. The molecule has 9 rings (SSSR count). The summed E-state index contributed by atoms with van der Waals surface area (Å²) in [6.07, 6.45) is 4.91. The van der Waals surface area contributed by atoms with Crippen LogP contribution in [0.3, 0.4) is 0 Å². The van der Waals surface area contributed by atoms with Gasteiger partial charge in [-0.05, 0) is 89.2 Å². The lowest BCUT2D eigenvalue weighted by Crippen LogP contribution is -2.38. The van der Waals surface area contributed by atoms with Gasteiger partial charge >= 0.3 is 0 Å². The maximum atomic E-state index is 5.29. The van der Waals surface area contributed by atoms with Gasteiger partial charge in [0.1, 0.15) is 0 Å². The number of aromatic nitrogens is 4. The van der Waals surface area contributed by atoms with Crippen LogP contribution in [0.25, 0.3) is 34.6 Å². The van der Waals surface area contributed by atoms with Crippen molar-refractivity contribution in [3.05, 3.63) is 155 Å². The SMILES string of the molecule is CC1(C)c2cc3c(cc2C2C=c4nc(Sc5ccccc5)n(-c5ccccc5)c4=CC21)nc(Sc1ccccc1)n3-c1ccccc1. The molecule has 0 bridgehead atoms. The highest BCUT2D eigenvalue weighted by molar-refractivity contribution is 7.99. The standard InChI is InChI=1S/C41H32N4S2/c1-41(2)33-25-37-35(42-39(46-29-19-11-5-12-20-29)44(37)27-15-7-3-8-16-27)23-31(33)32-24-36-38(26-34(32)41)45(28-17-9-4-10-18-28)40(43-36)47-30-21-13-6-14-22-30/h3-26,31,33H,1-2H3. The molecule has 0 aliphatic heterocycles. The molecule has 2 atom stereocenters. The summed E-state index contributed by atoms with van der Waals surface area (Å²) >= 11 is 3.43. The molecule has 2 unspecified atom stereocenters. The third kappa shape index (κ3) is 4.78. The molecule has 0 fully saturated rings. The minimum absolute atomic E-state index is 0.0978. The van der Waals surface area contributed by atoms with Gasteiger partial charge in [0.15, 0.2) is 10.3 Å². The molecule has 6 heteroatoms. The summed E-state index contributed by atoms with van der Waals surface area (Å²) in [7, 11) is 0. The van der Waals surface area contributed by atoms with E-state index in [0.717, 1.165) is 38.1 Å². The van der Waals surface area contributed by atoms with Crippen LogP contribution < -0.4 is 10.7 Å². The zero-order valence-corrected chi connectivity index (χ0v) is 27.7. The minimum atomic E-state index is -0.0978. The first-order chi connectivity index (χ1) is 23.0. The number of hydrogen-bond acceptors (Lipinski definition) is 4. The van der Waals surface area contributed by atoms with Gasteiger partial charge in [-0.1, -0.05) is 116 Å². The van der Waals surface area contributed by atoms with Gasteiger partial charge in [0.2, 0.25) is 0 Å². The van der Waals surface area contributed by atoms with Gasteiger partial charge in [0.05, 0.1) is 21.7 Å². The second-order valence-corrected chi connectivity index (χ2v) is 14.8. The van der Waals surface area contributed by atoms with Crippen molar-refractivity contribution in [1.29, 1.82) is 0 Å².